The number of alkyl halides is 3. The van der Waals surface area contributed by atoms with Crippen LogP contribution in [0.3, 0.4) is 0 Å². The third-order valence-electron chi connectivity index (χ3n) is 5.75. The predicted molar refractivity (Wildman–Crippen MR) is 137 cm³/mol. The lowest BCUT2D eigenvalue weighted by molar-refractivity contribution is -0.192. The molecular formula is C27H30F3N3O6. The smallest absolute Gasteiger partial charge is 0.475 e. The quantitative estimate of drug-likeness (QED) is 0.181. The number of hydrogen-bond acceptors (Lipinski definition) is 6. The van der Waals surface area contributed by atoms with E-state index in [4.69, 9.17) is 9.90 Å². The number of rotatable bonds is 10. The van der Waals surface area contributed by atoms with E-state index < -0.39 is 30.1 Å². The average Bonchev–Trinajstić information content (AvgIpc) is 3.41. The fourth-order valence-electron chi connectivity index (χ4n) is 3.63. The molecule has 0 saturated carbocycles. The van der Waals surface area contributed by atoms with Crippen LogP contribution in [-0.2, 0) is 23.9 Å². The number of esters is 1. The maximum Gasteiger partial charge on any atom is 0.490 e. The van der Waals surface area contributed by atoms with E-state index in [1.165, 1.54) is 7.11 Å². The van der Waals surface area contributed by atoms with Crippen LogP contribution < -0.4 is 5.32 Å². The van der Waals surface area contributed by atoms with Gasteiger partial charge in [0.2, 0.25) is 0 Å². The second-order valence-corrected chi connectivity index (χ2v) is 8.56. The number of aromatic amines is 1. The fourth-order valence-corrected chi connectivity index (χ4v) is 3.63. The van der Waals surface area contributed by atoms with Gasteiger partial charge in [0.25, 0.3) is 0 Å². The minimum Gasteiger partial charge on any atom is -0.475 e. The van der Waals surface area contributed by atoms with Gasteiger partial charge in [-0.25, -0.2) is 14.6 Å². The third-order valence-corrected chi connectivity index (χ3v) is 5.75. The molecule has 1 aromatic heterocycles. The highest BCUT2D eigenvalue weighted by atomic mass is 19.4. The number of nitrogens with zero attached hydrogens (tertiary/aromatic N) is 1. The molecule has 3 rings (SSSR count). The summed E-state index contributed by atoms with van der Waals surface area (Å²) in [5.41, 5.74) is 1.81. The molecule has 0 aliphatic rings. The number of carboxylic acids is 1. The summed E-state index contributed by atoms with van der Waals surface area (Å²) in [6.45, 7) is 1.87. The van der Waals surface area contributed by atoms with Crippen molar-refractivity contribution in [1.82, 2.24) is 15.3 Å². The number of benzene rings is 2. The van der Waals surface area contributed by atoms with Gasteiger partial charge in [0.1, 0.15) is 11.6 Å². The number of H-pyrrole nitrogens is 1. The first kappa shape index (κ1) is 31.0. The minimum absolute atomic E-state index is 0.256. The molecule has 3 N–H and O–H groups in total. The summed E-state index contributed by atoms with van der Waals surface area (Å²) < 4.78 is 36.3. The van der Waals surface area contributed by atoms with Gasteiger partial charge in [0, 0.05) is 18.4 Å². The number of carbonyl (C=O) groups is 4. The lowest BCUT2D eigenvalue weighted by atomic mass is 10.0. The van der Waals surface area contributed by atoms with Crippen LogP contribution in [0.4, 0.5) is 13.2 Å². The monoisotopic (exact) mass is 549 g/mol. The standard InChI is InChI=1S/C25H29N3O4.C2HF3O2/c1-3-20(29)11-5-4-6-12-21(28-24(30)25(31)32-2)23-26-16-22(27-23)19-14-13-17-9-7-8-10-18(17)15-19;3-2(4,5)1(6)7/h7-10,13-16,21H,3-6,11-12H2,1-2H3,(H,26,27)(H,28,30);(H,6,7)/t21-;/m0./s1. The van der Waals surface area contributed by atoms with Gasteiger partial charge in [-0.05, 0) is 29.7 Å². The highest BCUT2D eigenvalue weighted by Crippen LogP contribution is 2.26. The summed E-state index contributed by atoms with van der Waals surface area (Å²) in [7, 11) is 1.17. The molecule has 9 nitrogen and oxygen atoms in total. The first-order valence-corrected chi connectivity index (χ1v) is 12.2. The molecule has 12 heteroatoms. The van der Waals surface area contributed by atoms with Crippen LogP contribution >= 0.6 is 0 Å². The van der Waals surface area contributed by atoms with E-state index in [-0.39, 0.29) is 5.78 Å². The zero-order chi connectivity index (χ0) is 29.0. The molecule has 0 spiro atoms. The maximum atomic E-state index is 12.1. The summed E-state index contributed by atoms with van der Waals surface area (Å²) in [5, 5.41) is 12.1. The first-order chi connectivity index (χ1) is 18.5. The van der Waals surface area contributed by atoms with Crippen molar-refractivity contribution in [3.63, 3.8) is 0 Å². The highest BCUT2D eigenvalue weighted by molar-refractivity contribution is 6.32. The van der Waals surface area contributed by atoms with Crippen LogP contribution in [0.15, 0.2) is 48.7 Å². The van der Waals surface area contributed by atoms with Crippen LogP contribution in [-0.4, -0.2) is 52.0 Å². The number of ketones is 1. The molecule has 3 aromatic rings. The fraction of sp³-hybridized carbons (Fsp3) is 0.370. The topological polar surface area (TPSA) is 138 Å². The number of ether oxygens (including phenoxy) is 1. The number of hydrogen-bond donors (Lipinski definition) is 3. The molecule has 0 aliphatic heterocycles. The van der Waals surface area contributed by atoms with Crippen molar-refractivity contribution in [3.8, 4) is 11.3 Å². The Balaban J connectivity index is 0.000000673. The van der Waals surface area contributed by atoms with Gasteiger partial charge in [0.05, 0.1) is 25.0 Å². The molecule has 1 amide bonds. The molecule has 0 unspecified atom stereocenters. The molecule has 1 atom stereocenters. The number of amides is 1. The molecular weight excluding hydrogens is 519 g/mol. The number of fused-ring (bicyclic) bond motifs is 1. The molecule has 0 bridgehead atoms. The molecule has 0 fully saturated rings. The number of unbranched alkanes of at least 4 members (excludes halogenated alkanes) is 2. The molecule has 2 aromatic carbocycles. The van der Waals surface area contributed by atoms with E-state index >= 15 is 0 Å². The number of imidazole rings is 1. The number of Topliss-reactive ketones (excluding diaryl/α,β-unsaturated/α-hetero) is 1. The number of nitrogens with one attached hydrogen (secondary N) is 2. The van der Waals surface area contributed by atoms with Gasteiger partial charge in [-0.15, -0.1) is 0 Å². The minimum atomic E-state index is -5.08. The van der Waals surface area contributed by atoms with E-state index in [9.17, 15) is 27.6 Å². The van der Waals surface area contributed by atoms with E-state index in [0.29, 0.717) is 25.1 Å². The van der Waals surface area contributed by atoms with Crippen LogP contribution in [0.25, 0.3) is 22.0 Å². The van der Waals surface area contributed by atoms with Gasteiger partial charge in [0.15, 0.2) is 0 Å². The molecule has 39 heavy (non-hydrogen) atoms. The molecule has 0 saturated heterocycles. The van der Waals surface area contributed by atoms with E-state index in [1.54, 1.807) is 6.20 Å². The Labute approximate surface area is 222 Å². The van der Waals surface area contributed by atoms with Crippen LogP contribution in [0.1, 0.15) is 57.3 Å². The number of carbonyl (C=O) groups excluding carboxylic acids is 3. The van der Waals surface area contributed by atoms with Crippen molar-refractivity contribution < 1.29 is 42.2 Å². The number of aromatic nitrogens is 2. The highest BCUT2D eigenvalue weighted by Gasteiger charge is 2.38. The van der Waals surface area contributed by atoms with Gasteiger partial charge in [-0.2, -0.15) is 13.2 Å². The summed E-state index contributed by atoms with van der Waals surface area (Å²) in [6, 6.07) is 13.8. The summed E-state index contributed by atoms with van der Waals surface area (Å²) in [6.07, 6.45) is 0.823. The maximum absolute atomic E-state index is 12.1. The van der Waals surface area contributed by atoms with Crippen LogP contribution in [0.2, 0.25) is 0 Å². The van der Waals surface area contributed by atoms with Crippen molar-refractivity contribution in [1.29, 1.82) is 0 Å². The Bertz CT molecular complexity index is 1290. The molecule has 210 valence electrons. The van der Waals surface area contributed by atoms with E-state index in [1.807, 2.05) is 25.1 Å². The predicted octanol–water partition coefficient (Wildman–Crippen LogP) is 5.12. The van der Waals surface area contributed by atoms with E-state index in [0.717, 1.165) is 41.3 Å². The number of aliphatic carboxylic acids is 1. The zero-order valence-corrected chi connectivity index (χ0v) is 21.5. The lowest BCUT2D eigenvalue weighted by Crippen LogP contribution is -2.35. The lowest BCUT2D eigenvalue weighted by Gasteiger charge is -2.16. The van der Waals surface area contributed by atoms with Crippen molar-refractivity contribution in [3.05, 3.63) is 54.5 Å². The Morgan fingerprint density at radius 2 is 1.72 bits per heavy atom. The van der Waals surface area contributed by atoms with Crippen LogP contribution in [0.5, 0.6) is 0 Å². The average molecular weight is 550 g/mol. The Morgan fingerprint density at radius 3 is 2.33 bits per heavy atom. The summed E-state index contributed by atoms with van der Waals surface area (Å²) in [5.74, 6) is -3.67. The second kappa shape index (κ2) is 14.6. The Kier molecular flexibility index (Phi) is 11.6. The SMILES string of the molecule is CCC(=O)CCCCC[C@H](NC(=O)C(=O)OC)c1ncc(-c2ccc3ccccc3c2)[nH]1.O=C(O)C(F)(F)F. The number of carboxylic acid groups (broad SMARTS) is 1. The van der Waals surface area contributed by atoms with Crippen molar-refractivity contribution in [2.75, 3.05) is 7.11 Å². The molecule has 0 aliphatic carbocycles. The second-order valence-electron chi connectivity index (χ2n) is 8.56. The summed E-state index contributed by atoms with van der Waals surface area (Å²) >= 11 is 0. The van der Waals surface area contributed by atoms with Crippen molar-refractivity contribution in [2.45, 2.75) is 57.7 Å². The molecule has 0 radical (unpaired) electrons. The Hall–Kier alpha value is -4.22. The van der Waals surface area contributed by atoms with Crippen molar-refractivity contribution >= 4 is 34.4 Å². The normalized spacial score (nSPS) is 11.7. The summed E-state index contributed by atoms with van der Waals surface area (Å²) in [4.78, 5) is 51.9. The Morgan fingerprint density at radius 1 is 1.05 bits per heavy atom. The van der Waals surface area contributed by atoms with E-state index in [2.05, 4.69) is 44.3 Å². The zero-order valence-electron chi connectivity index (χ0n) is 21.5. The third kappa shape index (κ3) is 9.87. The van der Waals surface area contributed by atoms with Gasteiger partial charge in [-0.1, -0.05) is 56.2 Å². The molecule has 1 heterocycles. The van der Waals surface area contributed by atoms with Gasteiger partial charge < -0.3 is 20.1 Å². The van der Waals surface area contributed by atoms with Gasteiger partial charge in [-0.3, -0.25) is 9.59 Å². The largest absolute Gasteiger partial charge is 0.490 e. The van der Waals surface area contributed by atoms with Gasteiger partial charge >= 0.3 is 24.0 Å². The number of methoxy groups -OCH3 is 1. The first-order valence-electron chi connectivity index (χ1n) is 12.2. The van der Waals surface area contributed by atoms with Crippen molar-refractivity contribution in [2.24, 2.45) is 0 Å². The van der Waals surface area contributed by atoms with Crippen LogP contribution in [0, 0.1) is 0 Å². The number of halogens is 3.